The van der Waals surface area contributed by atoms with Gasteiger partial charge in [-0.1, -0.05) is 33.3 Å². The van der Waals surface area contributed by atoms with Gasteiger partial charge in [-0.05, 0) is 48.4 Å². The van der Waals surface area contributed by atoms with Gasteiger partial charge in [-0.2, -0.15) is 0 Å². The quantitative estimate of drug-likeness (QED) is 0.858. The van der Waals surface area contributed by atoms with Crippen LogP contribution in [0, 0.1) is 5.92 Å². The van der Waals surface area contributed by atoms with Crippen LogP contribution in [0.5, 0.6) is 5.75 Å². The lowest BCUT2D eigenvalue weighted by atomic mass is 9.97. The van der Waals surface area contributed by atoms with Gasteiger partial charge in [0.05, 0.1) is 24.5 Å². The monoisotopic (exact) mass is 325 g/mol. The summed E-state index contributed by atoms with van der Waals surface area (Å²) in [5.41, 5.74) is 4.83. The summed E-state index contributed by atoms with van der Waals surface area (Å²) in [6.07, 6.45) is 5.92. The number of nitrogens with one attached hydrogen (secondary N) is 1. The van der Waals surface area contributed by atoms with Crippen LogP contribution in [0.2, 0.25) is 0 Å². The molecule has 0 bridgehead atoms. The predicted octanol–water partition coefficient (Wildman–Crippen LogP) is 4.35. The van der Waals surface area contributed by atoms with E-state index in [1.54, 1.807) is 7.11 Å². The molecule has 1 heterocycles. The Morgan fingerprint density at radius 2 is 2.04 bits per heavy atom. The van der Waals surface area contributed by atoms with Crippen molar-refractivity contribution in [1.82, 2.24) is 9.97 Å². The lowest BCUT2D eigenvalue weighted by molar-refractivity contribution is 0.413. The molecule has 1 aliphatic carbocycles. The molecule has 1 aromatic carbocycles. The Kier molecular flexibility index (Phi) is 5.03. The Morgan fingerprint density at radius 1 is 1.21 bits per heavy atom. The Morgan fingerprint density at radius 3 is 2.71 bits per heavy atom. The number of aromatic nitrogens is 2. The van der Waals surface area contributed by atoms with Crippen molar-refractivity contribution in [2.24, 2.45) is 5.92 Å². The number of anilines is 1. The third kappa shape index (κ3) is 3.10. The molecule has 4 nitrogen and oxygen atoms in total. The van der Waals surface area contributed by atoms with Gasteiger partial charge >= 0.3 is 0 Å². The maximum atomic E-state index is 5.43. The van der Waals surface area contributed by atoms with E-state index in [-0.39, 0.29) is 6.04 Å². The molecule has 1 N–H and O–H groups in total. The van der Waals surface area contributed by atoms with E-state index in [2.05, 4.69) is 49.3 Å². The second-order valence-electron chi connectivity index (χ2n) is 6.42. The highest BCUT2D eigenvalue weighted by Gasteiger charge is 2.32. The minimum atomic E-state index is 0.270. The molecule has 24 heavy (non-hydrogen) atoms. The summed E-state index contributed by atoms with van der Waals surface area (Å²) in [6.45, 7) is 6.51. The molecule has 4 heteroatoms. The van der Waals surface area contributed by atoms with Crippen molar-refractivity contribution in [3.63, 3.8) is 0 Å². The molecule has 0 spiro atoms. The van der Waals surface area contributed by atoms with Crippen LogP contribution in [0.1, 0.15) is 55.7 Å². The van der Waals surface area contributed by atoms with Gasteiger partial charge in [0.1, 0.15) is 11.6 Å². The van der Waals surface area contributed by atoms with Crippen molar-refractivity contribution < 1.29 is 4.74 Å². The first kappa shape index (κ1) is 16.7. The van der Waals surface area contributed by atoms with Crippen LogP contribution < -0.4 is 10.1 Å². The molecular formula is C20H27N3O. The molecule has 0 radical (unpaired) electrons. The second-order valence-corrected chi connectivity index (χ2v) is 6.42. The lowest BCUT2D eigenvalue weighted by Crippen LogP contribution is -2.19. The zero-order valence-electron chi connectivity index (χ0n) is 15.1. The lowest BCUT2D eigenvalue weighted by Gasteiger charge is -2.23. The van der Waals surface area contributed by atoms with Crippen molar-refractivity contribution >= 4 is 5.82 Å². The van der Waals surface area contributed by atoms with E-state index in [4.69, 9.17) is 9.72 Å². The van der Waals surface area contributed by atoms with Gasteiger partial charge in [-0.3, -0.25) is 4.98 Å². The van der Waals surface area contributed by atoms with Crippen LogP contribution in [-0.2, 0) is 19.3 Å². The van der Waals surface area contributed by atoms with Gasteiger partial charge in [-0.25, -0.2) is 4.98 Å². The summed E-state index contributed by atoms with van der Waals surface area (Å²) in [4.78, 5) is 9.41. The molecule has 128 valence electrons. The maximum Gasteiger partial charge on any atom is 0.148 e. The van der Waals surface area contributed by atoms with E-state index in [9.17, 15) is 0 Å². The largest absolute Gasteiger partial charge is 0.497 e. The normalized spacial score (nSPS) is 19.2. The molecule has 0 aliphatic heterocycles. The molecule has 0 saturated carbocycles. The third-order valence-electron chi connectivity index (χ3n) is 5.05. The molecule has 2 aromatic rings. The van der Waals surface area contributed by atoms with Crippen LogP contribution >= 0.6 is 0 Å². The molecule has 3 rings (SSSR count). The number of benzene rings is 1. The molecule has 0 unspecified atom stereocenters. The number of fused-ring (bicyclic) bond motifs is 1. The minimum absolute atomic E-state index is 0.270. The van der Waals surface area contributed by atoms with Gasteiger partial charge in [-0.15, -0.1) is 0 Å². The van der Waals surface area contributed by atoms with Crippen molar-refractivity contribution in [2.75, 3.05) is 12.4 Å². The van der Waals surface area contributed by atoms with Gasteiger partial charge < -0.3 is 10.1 Å². The average Bonchev–Trinajstić information content (AvgIpc) is 2.98. The standard InChI is InChI=1S/C20H27N3O/c1-5-13-10-14-8-9-16(24-4)11-17(14)19(13)23-20-18(7-3)21-12-15(6-2)22-20/h8-9,11-13,19H,5-7,10H2,1-4H3,(H,22,23)/t13-,19-/m1/s1. The number of nitrogens with zero attached hydrogens (tertiary/aromatic N) is 2. The topological polar surface area (TPSA) is 47.0 Å². The summed E-state index contributed by atoms with van der Waals surface area (Å²) in [5.74, 6) is 2.43. The zero-order chi connectivity index (χ0) is 17.1. The van der Waals surface area contributed by atoms with Gasteiger partial charge in [0.25, 0.3) is 0 Å². The van der Waals surface area contributed by atoms with E-state index in [1.165, 1.54) is 11.1 Å². The number of rotatable bonds is 6. The first-order chi connectivity index (χ1) is 11.7. The smallest absolute Gasteiger partial charge is 0.148 e. The Balaban J connectivity index is 1.97. The number of aryl methyl sites for hydroxylation is 2. The maximum absolute atomic E-state index is 5.43. The molecular weight excluding hydrogens is 298 g/mol. The minimum Gasteiger partial charge on any atom is -0.497 e. The molecule has 0 fully saturated rings. The van der Waals surface area contributed by atoms with Crippen molar-refractivity contribution in [2.45, 2.75) is 52.5 Å². The molecule has 1 aromatic heterocycles. The van der Waals surface area contributed by atoms with Crippen molar-refractivity contribution in [3.8, 4) is 5.75 Å². The Bertz CT molecular complexity index is 714. The number of ether oxygens (including phenoxy) is 1. The molecule has 0 amide bonds. The average molecular weight is 325 g/mol. The highest BCUT2D eigenvalue weighted by molar-refractivity contribution is 5.49. The highest BCUT2D eigenvalue weighted by atomic mass is 16.5. The molecule has 0 saturated heterocycles. The third-order valence-corrected chi connectivity index (χ3v) is 5.05. The highest BCUT2D eigenvalue weighted by Crippen LogP contribution is 2.41. The van der Waals surface area contributed by atoms with Crippen molar-refractivity contribution in [1.29, 1.82) is 0 Å². The first-order valence-electron chi connectivity index (χ1n) is 8.98. The van der Waals surface area contributed by atoms with Crippen LogP contribution in [-0.4, -0.2) is 17.1 Å². The van der Waals surface area contributed by atoms with E-state index in [0.29, 0.717) is 5.92 Å². The first-order valence-corrected chi connectivity index (χ1v) is 8.98. The fourth-order valence-electron chi connectivity index (χ4n) is 3.55. The summed E-state index contributed by atoms with van der Waals surface area (Å²) < 4.78 is 5.43. The van der Waals surface area contributed by atoms with Gasteiger partial charge in [0.15, 0.2) is 0 Å². The Hall–Kier alpha value is -2.10. The van der Waals surface area contributed by atoms with Crippen LogP contribution in [0.3, 0.4) is 0 Å². The van der Waals surface area contributed by atoms with E-state index in [1.807, 2.05) is 6.20 Å². The summed E-state index contributed by atoms with van der Waals surface area (Å²) in [7, 11) is 1.72. The van der Waals surface area contributed by atoms with Gasteiger partial charge in [0, 0.05) is 6.20 Å². The molecule has 2 atom stereocenters. The van der Waals surface area contributed by atoms with Crippen LogP contribution in [0.15, 0.2) is 24.4 Å². The SMILES string of the molecule is CCc1cnc(CC)c(N[C@H]2c3cc(OC)ccc3C[C@H]2CC)n1. The zero-order valence-corrected chi connectivity index (χ0v) is 15.1. The summed E-state index contributed by atoms with van der Waals surface area (Å²) in [5, 5.41) is 3.71. The van der Waals surface area contributed by atoms with E-state index >= 15 is 0 Å². The van der Waals surface area contributed by atoms with E-state index < -0.39 is 0 Å². The second kappa shape index (κ2) is 7.20. The molecule has 1 aliphatic rings. The predicted molar refractivity (Wildman–Crippen MR) is 97.6 cm³/mol. The van der Waals surface area contributed by atoms with E-state index in [0.717, 1.165) is 48.6 Å². The van der Waals surface area contributed by atoms with Crippen LogP contribution in [0.4, 0.5) is 5.82 Å². The summed E-state index contributed by atoms with van der Waals surface area (Å²) >= 11 is 0. The number of hydrogen-bond acceptors (Lipinski definition) is 4. The Labute approximate surface area is 144 Å². The van der Waals surface area contributed by atoms with Crippen molar-refractivity contribution in [3.05, 3.63) is 46.9 Å². The number of methoxy groups -OCH3 is 1. The van der Waals surface area contributed by atoms with Crippen LogP contribution in [0.25, 0.3) is 0 Å². The number of hydrogen-bond donors (Lipinski definition) is 1. The van der Waals surface area contributed by atoms with Gasteiger partial charge in [0.2, 0.25) is 0 Å². The fourth-order valence-corrected chi connectivity index (χ4v) is 3.55. The summed E-state index contributed by atoms with van der Waals surface area (Å²) in [6, 6.07) is 6.70. The fraction of sp³-hybridized carbons (Fsp3) is 0.500.